The minimum atomic E-state index is 0. The number of guanidine groups is 1. The molecule has 1 fully saturated rings. The van der Waals surface area contributed by atoms with Gasteiger partial charge in [0.15, 0.2) is 17.5 Å². The van der Waals surface area contributed by atoms with Gasteiger partial charge in [0.25, 0.3) is 0 Å². The maximum Gasteiger partial charge on any atom is 0.193 e. The zero-order valence-corrected chi connectivity index (χ0v) is 19.0. The molecule has 0 atom stereocenters. The van der Waals surface area contributed by atoms with E-state index in [9.17, 15) is 0 Å². The topological polar surface area (TPSA) is 78.1 Å². The molecular formula is C22H28IN3O3. The average Bonchev–Trinajstić information content (AvgIpc) is 3.23. The summed E-state index contributed by atoms with van der Waals surface area (Å²) >= 11 is 0. The molecule has 29 heavy (non-hydrogen) atoms. The van der Waals surface area contributed by atoms with E-state index in [0.29, 0.717) is 25.7 Å². The van der Waals surface area contributed by atoms with Gasteiger partial charge in [-0.15, -0.1) is 24.0 Å². The fourth-order valence-electron chi connectivity index (χ4n) is 4.06. The largest absolute Gasteiger partial charge is 0.497 e. The first-order valence-corrected chi connectivity index (χ1v) is 9.80. The highest BCUT2D eigenvalue weighted by Crippen LogP contribution is 2.44. The third-order valence-corrected chi connectivity index (χ3v) is 5.63. The Morgan fingerprint density at radius 2 is 1.76 bits per heavy atom. The third-order valence-electron chi connectivity index (χ3n) is 5.63. The number of methoxy groups -OCH3 is 1. The molecule has 0 unspecified atom stereocenters. The monoisotopic (exact) mass is 509 g/mol. The number of ether oxygens (including phenoxy) is 3. The van der Waals surface area contributed by atoms with Crippen molar-refractivity contribution in [1.82, 2.24) is 0 Å². The van der Waals surface area contributed by atoms with Crippen molar-refractivity contribution in [1.29, 1.82) is 0 Å². The minimum Gasteiger partial charge on any atom is -0.497 e. The highest BCUT2D eigenvalue weighted by Gasteiger charge is 2.36. The van der Waals surface area contributed by atoms with Crippen LogP contribution in [-0.4, -0.2) is 32.8 Å². The van der Waals surface area contributed by atoms with Gasteiger partial charge >= 0.3 is 0 Å². The summed E-state index contributed by atoms with van der Waals surface area (Å²) in [6.07, 6.45) is 4.61. The van der Waals surface area contributed by atoms with Crippen LogP contribution in [0.15, 0.2) is 47.5 Å². The van der Waals surface area contributed by atoms with Crippen LogP contribution in [0.25, 0.3) is 0 Å². The molecule has 1 saturated carbocycles. The minimum absolute atomic E-state index is 0. The van der Waals surface area contributed by atoms with Crippen molar-refractivity contribution in [3.05, 3.63) is 48.0 Å². The summed E-state index contributed by atoms with van der Waals surface area (Å²) in [4.78, 5) is 4.68. The first-order chi connectivity index (χ1) is 13.7. The number of nitrogens with zero attached hydrogens (tertiary/aromatic N) is 1. The number of hydrogen-bond donors (Lipinski definition) is 2. The van der Waals surface area contributed by atoms with Gasteiger partial charge in [-0.3, -0.25) is 4.99 Å². The van der Waals surface area contributed by atoms with Gasteiger partial charge in [-0.05, 0) is 54.8 Å². The number of fused-ring (bicyclic) bond motifs is 1. The van der Waals surface area contributed by atoms with E-state index >= 15 is 0 Å². The molecule has 0 bridgehead atoms. The lowest BCUT2D eigenvalue weighted by Crippen LogP contribution is -2.30. The van der Waals surface area contributed by atoms with E-state index in [-0.39, 0.29) is 29.4 Å². The molecule has 4 rings (SSSR count). The van der Waals surface area contributed by atoms with Crippen molar-refractivity contribution in [3.8, 4) is 17.2 Å². The molecule has 0 saturated heterocycles. The zero-order valence-electron chi connectivity index (χ0n) is 16.6. The second-order valence-electron chi connectivity index (χ2n) is 7.40. The molecule has 6 nitrogen and oxygen atoms in total. The Morgan fingerprint density at radius 3 is 2.45 bits per heavy atom. The second kappa shape index (κ2) is 9.56. The first kappa shape index (κ1) is 21.5. The molecule has 156 valence electrons. The molecule has 7 heteroatoms. The molecule has 0 aromatic heterocycles. The Morgan fingerprint density at radius 1 is 1.07 bits per heavy atom. The fraction of sp³-hybridized carbons (Fsp3) is 0.409. The standard InChI is InChI=1S/C22H27N3O3.HI/c1-26-18-7-5-17(6-8-18)25-21(23)24-15-22(10-2-3-11-22)16-4-9-19-20(14-16)28-13-12-27-19;/h4-9,14H,2-3,10-13,15H2,1H3,(H3,23,24,25);1H. The summed E-state index contributed by atoms with van der Waals surface area (Å²) < 4.78 is 16.6. The normalized spacial score (nSPS) is 17.3. The lowest BCUT2D eigenvalue weighted by Gasteiger charge is -2.29. The fourth-order valence-corrected chi connectivity index (χ4v) is 4.06. The Labute approximate surface area is 188 Å². The van der Waals surface area contributed by atoms with Crippen LogP contribution < -0.4 is 25.3 Å². The van der Waals surface area contributed by atoms with E-state index in [1.54, 1.807) is 7.11 Å². The molecule has 1 aliphatic heterocycles. The van der Waals surface area contributed by atoms with Crippen molar-refractivity contribution < 1.29 is 14.2 Å². The van der Waals surface area contributed by atoms with E-state index in [1.807, 2.05) is 30.3 Å². The van der Waals surface area contributed by atoms with Crippen LogP contribution >= 0.6 is 24.0 Å². The zero-order chi connectivity index (χ0) is 19.4. The number of nitrogens with one attached hydrogen (secondary N) is 1. The van der Waals surface area contributed by atoms with Gasteiger partial charge in [0.2, 0.25) is 0 Å². The number of halogens is 1. The second-order valence-corrected chi connectivity index (χ2v) is 7.40. The SMILES string of the molecule is COc1ccc(NC(N)=NCC2(c3ccc4c(c3)OCCO4)CCCC2)cc1.I. The number of aliphatic imine (C=N–C) groups is 1. The summed E-state index contributed by atoms with van der Waals surface area (Å²) in [6.45, 7) is 1.86. The molecule has 1 heterocycles. The maximum atomic E-state index is 6.17. The Bertz CT molecular complexity index is 849. The van der Waals surface area contributed by atoms with Crippen LogP contribution in [0.1, 0.15) is 31.2 Å². The molecule has 2 aromatic carbocycles. The number of nitrogens with two attached hydrogens (primary N) is 1. The third kappa shape index (κ3) is 4.88. The van der Waals surface area contributed by atoms with Crippen molar-refractivity contribution in [2.24, 2.45) is 10.7 Å². The lowest BCUT2D eigenvalue weighted by atomic mass is 9.79. The molecular weight excluding hydrogens is 481 g/mol. The molecule has 0 spiro atoms. The number of benzene rings is 2. The van der Waals surface area contributed by atoms with Gasteiger partial charge in [0.05, 0.1) is 13.7 Å². The predicted molar refractivity (Wildman–Crippen MR) is 126 cm³/mol. The van der Waals surface area contributed by atoms with Gasteiger partial charge in [-0.1, -0.05) is 18.9 Å². The molecule has 3 N–H and O–H groups in total. The lowest BCUT2D eigenvalue weighted by molar-refractivity contribution is 0.171. The maximum absolute atomic E-state index is 6.17. The summed E-state index contributed by atoms with van der Waals surface area (Å²) in [6, 6.07) is 13.9. The van der Waals surface area contributed by atoms with Gasteiger partial charge in [-0.2, -0.15) is 0 Å². The van der Waals surface area contributed by atoms with Crippen LogP contribution in [0.3, 0.4) is 0 Å². The summed E-state index contributed by atoms with van der Waals surface area (Å²) in [5, 5.41) is 3.16. The number of anilines is 1. The summed E-state index contributed by atoms with van der Waals surface area (Å²) in [7, 11) is 1.65. The molecule has 1 aliphatic carbocycles. The van der Waals surface area contributed by atoms with Crippen LogP contribution in [-0.2, 0) is 5.41 Å². The Balaban J connectivity index is 0.00000240. The van der Waals surface area contributed by atoms with Crippen LogP contribution in [0.4, 0.5) is 5.69 Å². The average molecular weight is 509 g/mol. The van der Waals surface area contributed by atoms with Gasteiger partial charge < -0.3 is 25.3 Å². The molecule has 2 aromatic rings. The Hall–Kier alpha value is -2.16. The van der Waals surface area contributed by atoms with Gasteiger partial charge in [0, 0.05) is 11.1 Å². The van der Waals surface area contributed by atoms with Crippen LogP contribution in [0.5, 0.6) is 17.2 Å². The molecule has 2 aliphatic rings. The highest BCUT2D eigenvalue weighted by atomic mass is 127. The van der Waals surface area contributed by atoms with Gasteiger partial charge in [-0.25, -0.2) is 0 Å². The van der Waals surface area contributed by atoms with E-state index < -0.39 is 0 Å². The van der Waals surface area contributed by atoms with E-state index in [4.69, 9.17) is 19.9 Å². The number of rotatable bonds is 5. The van der Waals surface area contributed by atoms with Crippen LogP contribution in [0, 0.1) is 0 Å². The number of hydrogen-bond acceptors (Lipinski definition) is 4. The van der Waals surface area contributed by atoms with Crippen molar-refractivity contribution in [2.45, 2.75) is 31.1 Å². The summed E-state index contributed by atoms with van der Waals surface area (Å²) in [5.41, 5.74) is 8.32. The quantitative estimate of drug-likeness (QED) is 0.357. The smallest absolute Gasteiger partial charge is 0.193 e. The highest BCUT2D eigenvalue weighted by molar-refractivity contribution is 14.0. The first-order valence-electron chi connectivity index (χ1n) is 9.80. The van der Waals surface area contributed by atoms with Crippen LogP contribution in [0.2, 0.25) is 0 Å². The Kier molecular flexibility index (Phi) is 7.10. The van der Waals surface area contributed by atoms with Crippen molar-refractivity contribution >= 4 is 35.6 Å². The molecule has 0 radical (unpaired) electrons. The van der Waals surface area contributed by atoms with Crippen molar-refractivity contribution in [2.75, 3.05) is 32.2 Å². The van der Waals surface area contributed by atoms with Crippen molar-refractivity contribution in [3.63, 3.8) is 0 Å². The molecule has 0 amide bonds. The van der Waals surface area contributed by atoms with E-state index in [1.165, 1.54) is 18.4 Å². The van der Waals surface area contributed by atoms with E-state index in [2.05, 4.69) is 22.4 Å². The predicted octanol–water partition coefficient (Wildman–Crippen LogP) is 4.32. The summed E-state index contributed by atoms with van der Waals surface area (Å²) in [5.74, 6) is 2.90. The van der Waals surface area contributed by atoms with E-state index in [0.717, 1.165) is 35.8 Å². The van der Waals surface area contributed by atoms with Gasteiger partial charge in [0.1, 0.15) is 19.0 Å².